The van der Waals surface area contributed by atoms with E-state index < -0.39 is 31.9 Å². The number of halogens is 1. The van der Waals surface area contributed by atoms with E-state index in [2.05, 4.69) is 33.9 Å². The van der Waals surface area contributed by atoms with Crippen LogP contribution in [0.4, 0.5) is 14.9 Å². The minimum absolute atomic E-state index is 0.0108. The Morgan fingerprint density at radius 1 is 1.22 bits per heavy atom. The van der Waals surface area contributed by atoms with Crippen molar-refractivity contribution >= 4 is 20.1 Å². The first-order valence-electron chi connectivity index (χ1n) is 11.0. The molecule has 2 atom stereocenters. The number of hydrogen-bond donors (Lipinski definition) is 1. The summed E-state index contributed by atoms with van der Waals surface area (Å²) < 4.78 is 37.6. The number of nitrogens with two attached hydrogens (primary N) is 1. The van der Waals surface area contributed by atoms with Crippen LogP contribution < -0.4 is 10.5 Å². The van der Waals surface area contributed by atoms with Crippen LogP contribution in [0.3, 0.4) is 0 Å². The monoisotopic (exact) mass is 470 g/mol. The smallest absolute Gasteiger partial charge is 0.410 e. The average molecular weight is 471 g/mol. The summed E-state index contributed by atoms with van der Waals surface area (Å²) in [6.07, 6.45) is -0.884. The minimum atomic E-state index is -2.00. The van der Waals surface area contributed by atoms with Gasteiger partial charge in [0.1, 0.15) is 18.3 Å². The Hall–Kier alpha value is -1.84. The summed E-state index contributed by atoms with van der Waals surface area (Å²) in [6, 6.07) is 4.09. The molecule has 2 rings (SSSR count). The van der Waals surface area contributed by atoms with E-state index >= 15 is 0 Å². The van der Waals surface area contributed by atoms with Gasteiger partial charge in [-0.25, -0.2) is 9.18 Å². The highest BCUT2D eigenvalue weighted by atomic mass is 28.4. The Morgan fingerprint density at radius 2 is 1.88 bits per heavy atom. The van der Waals surface area contributed by atoms with Crippen molar-refractivity contribution in [2.45, 2.75) is 77.4 Å². The molecule has 1 heterocycles. The van der Waals surface area contributed by atoms with Gasteiger partial charge in [-0.05, 0) is 51.0 Å². The fourth-order valence-electron chi connectivity index (χ4n) is 2.92. The summed E-state index contributed by atoms with van der Waals surface area (Å²) >= 11 is 0. The van der Waals surface area contributed by atoms with Crippen LogP contribution in [-0.4, -0.2) is 63.4 Å². The van der Waals surface area contributed by atoms with Crippen molar-refractivity contribution in [1.82, 2.24) is 4.90 Å². The van der Waals surface area contributed by atoms with Gasteiger partial charge in [0.25, 0.3) is 0 Å². The average Bonchev–Trinajstić information content (AvgIpc) is 2.64. The van der Waals surface area contributed by atoms with Gasteiger partial charge in [-0.2, -0.15) is 0 Å². The lowest BCUT2D eigenvalue weighted by atomic mass is 10.2. The third-order valence-corrected chi connectivity index (χ3v) is 10.3. The van der Waals surface area contributed by atoms with Crippen LogP contribution in [0.25, 0.3) is 0 Å². The molecule has 1 aliphatic rings. The fourth-order valence-corrected chi connectivity index (χ4v) is 3.96. The molecule has 1 aromatic carbocycles. The van der Waals surface area contributed by atoms with Crippen LogP contribution in [0, 0.1) is 5.82 Å². The Bertz CT molecular complexity index is 771. The number of carbonyl (C=O) groups excluding carboxylic acids is 1. The number of morpholine rings is 1. The van der Waals surface area contributed by atoms with E-state index in [1.807, 2.05) is 20.8 Å². The molecule has 1 aromatic rings. The van der Waals surface area contributed by atoms with Crippen LogP contribution >= 0.6 is 0 Å². The van der Waals surface area contributed by atoms with Crippen molar-refractivity contribution in [3.05, 3.63) is 24.0 Å². The number of para-hydroxylation sites is 1. The lowest BCUT2D eigenvalue weighted by Crippen LogP contribution is -2.57. The Labute approximate surface area is 192 Å². The first-order valence-corrected chi connectivity index (χ1v) is 13.9. The Morgan fingerprint density at radius 3 is 2.44 bits per heavy atom. The molecule has 32 heavy (non-hydrogen) atoms. The number of ether oxygens (including phenoxy) is 3. The van der Waals surface area contributed by atoms with Gasteiger partial charge in [0.2, 0.25) is 0 Å². The van der Waals surface area contributed by atoms with Gasteiger partial charge in [0.15, 0.2) is 19.9 Å². The van der Waals surface area contributed by atoms with E-state index in [0.29, 0.717) is 6.61 Å². The van der Waals surface area contributed by atoms with Crippen LogP contribution in [0.5, 0.6) is 5.75 Å². The third kappa shape index (κ3) is 7.08. The quantitative estimate of drug-likeness (QED) is 0.474. The number of benzene rings is 1. The zero-order chi connectivity index (χ0) is 24.3. The lowest BCUT2D eigenvalue weighted by molar-refractivity contribution is -0.0899. The van der Waals surface area contributed by atoms with Crippen LogP contribution in [-0.2, 0) is 13.9 Å². The number of hydrogen-bond acceptors (Lipinski definition) is 6. The van der Waals surface area contributed by atoms with Gasteiger partial charge in [-0.1, -0.05) is 26.8 Å². The normalized spacial score (nSPS) is 20.2. The predicted molar refractivity (Wildman–Crippen MR) is 126 cm³/mol. The summed E-state index contributed by atoms with van der Waals surface area (Å²) in [4.78, 5) is 14.6. The number of nitrogens with zero attached hydrogens (tertiary/aromatic N) is 1. The molecule has 7 nitrogen and oxygen atoms in total. The first-order chi connectivity index (χ1) is 14.6. The van der Waals surface area contributed by atoms with Crippen molar-refractivity contribution in [2.75, 3.05) is 32.1 Å². The fraction of sp³-hybridized carbons (Fsp3) is 0.696. The van der Waals surface area contributed by atoms with E-state index in [1.54, 1.807) is 11.0 Å². The van der Waals surface area contributed by atoms with E-state index in [1.165, 1.54) is 12.1 Å². The number of amides is 1. The van der Waals surface area contributed by atoms with Crippen molar-refractivity contribution in [3.8, 4) is 5.75 Å². The van der Waals surface area contributed by atoms with Crippen molar-refractivity contribution in [1.29, 1.82) is 0 Å². The molecule has 0 saturated carbocycles. The maximum atomic E-state index is 14.0. The number of carbonyl (C=O) groups is 1. The second kappa shape index (κ2) is 9.97. The van der Waals surface area contributed by atoms with Crippen LogP contribution in [0.1, 0.15) is 41.5 Å². The Kier molecular flexibility index (Phi) is 8.23. The molecular weight excluding hydrogens is 431 g/mol. The molecule has 2 N–H and O–H groups in total. The molecule has 0 aliphatic carbocycles. The van der Waals surface area contributed by atoms with Gasteiger partial charge in [0, 0.05) is 0 Å². The van der Waals surface area contributed by atoms with Crippen LogP contribution in [0.15, 0.2) is 18.2 Å². The van der Waals surface area contributed by atoms with Crippen LogP contribution in [0.2, 0.25) is 18.1 Å². The zero-order valence-electron chi connectivity index (χ0n) is 20.7. The number of anilines is 1. The summed E-state index contributed by atoms with van der Waals surface area (Å²) in [5.41, 5.74) is 5.40. The lowest BCUT2D eigenvalue weighted by Gasteiger charge is -2.42. The molecule has 1 amide bonds. The molecule has 0 bridgehead atoms. The van der Waals surface area contributed by atoms with E-state index in [-0.39, 0.29) is 42.3 Å². The maximum Gasteiger partial charge on any atom is 0.410 e. The molecule has 1 saturated heterocycles. The molecule has 0 radical (unpaired) electrons. The molecule has 182 valence electrons. The summed E-state index contributed by atoms with van der Waals surface area (Å²) in [5.74, 6) is -0.547. The van der Waals surface area contributed by atoms with E-state index in [0.717, 1.165) is 0 Å². The highest BCUT2D eigenvalue weighted by Crippen LogP contribution is 2.37. The molecular formula is C23H39FN2O5Si. The van der Waals surface area contributed by atoms with Crippen molar-refractivity contribution in [3.63, 3.8) is 0 Å². The van der Waals surface area contributed by atoms with E-state index in [4.69, 9.17) is 24.4 Å². The third-order valence-electron chi connectivity index (χ3n) is 5.85. The highest BCUT2D eigenvalue weighted by molar-refractivity contribution is 6.74. The second-order valence-electron chi connectivity index (χ2n) is 10.8. The van der Waals surface area contributed by atoms with Crippen molar-refractivity contribution in [2.24, 2.45) is 0 Å². The molecule has 1 fully saturated rings. The van der Waals surface area contributed by atoms with Crippen molar-refractivity contribution < 1.29 is 27.8 Å². The number of nitrogen functional groups attached to an aromatic ring is 1. The largest absolute Gasteiger partial charge is 0.486 e. The van der Waals surface area contributed by atoms with E-state index in [9.17, 15) is 9.18 Å². The molecule has 1 aliphatic heterocycles. The van der Waals surface area contributed by atoms with Gasteiger partial charge >= 0.3 is 6.09 Å². The summed E-state index contributed by atoms with van der Waals surface area (Å²) in [5, 5.41) is 0.0509. The molecule has 9 heteroatoms. The molecule has 0 unspecified atom stereocenters. The Balaban J connectivity index is 2.09. The summed E-state index contributed by atoms with van der Waals surface area (Å²) in [7, 11) is -2.00. The SMILES string of the molecule is CC(C)(C)OC(=O)N1C[C@@H](COc2c(N)cccc2F)OC[C@H]1CO[Si](C)(C)C(C)(C)C. The second-order valence-corrected chi connectivity index (χ2v) is 15.6. The van der Waals surface area contributed by atoms with Gasteiger partial charge in [-0.15, -0.1) is 0 Å². The highest BCUT2D eigenvalue weighted by Gasteiger charge is 2.40. The zero-order valence-corrected chi connectivity index (χ0v) is 21.7. The maximum absolute atomic E-state index is 14.0. The predicted octanol–water partition coefficient (Wildman–Crippen LogP) is 4.81. The summed E-state index contributed by atoms with van der Waals surface area (Å²) in [6.45, 7) is 17.3. The van der Waals surface area contributed by atoms with Gasteiger partial charge < -0.3 is 24.4 Å². The molecule has 0 aromatic heterocycles. The van der Waals surface area contributed by atoms with Gasteiger partial charge in [-0.3, -0.25) is 4.90 Å². The number of rotatable bonds is 6. The standard InChI is InChI=1S/C23H39FN2O5Si/c1-22(2,3)31-21(27)26-12-17(15-29-20-18(24)10-9-11-19(20)25)28-13-16(26)14-30-32(7,8)23(4,5)6/h9-11,16-17H,12-15,25H2,1-8H3/t16-,17-/m0/s1. The topological polar surface area (TPSA) is 83.2 Å². The minimum Gasteiger partial charge on any atom is -0.486 e. The van der Waals surface area contributed by atoms with Gasteiger partial charge in [0.05, 0.1) is 31.5 Å². The molecule has 0 spiro atoms. The first kappa shape index (κ1) is 26.4.